The van der Waals surface area contributed by atoms with Crippen molar-refractivity contribution in [1.82, 2.24) is 4.98 Å². The van der Waals surface area contributed by atoms with Gasteiger partial charge >= 0.3 is 0 Å². The molecule has 0 atom stereocenters. The Balaban J connectivity index is 2.53. The minimum atomic E-state index is -0.245. The fourth-order valence-electron chi connectivity index (χ4n) is 3.24. The predicted molar refractivity (Wildman–Crippen MR) is 112 cm³/mol. The molecule has 2 aromatic rings. The first kappa shape index (κ1) is 21.0. The maximum atomic E-state index is 13.1. The largest absolute Gasteiger partial charge is 0.497 e. The van der Waals surface area contributed by atoms with Crippen LogP contribution in [0.1, 0.15) is 52.3 Å². The first-order valence-corrected chi connectivity index (χ1v) is 9.53. The number of halogens is 1. The van der Waals surface area contributed by atoms with Crippen LogP contribution in [-0.2, 0) is 19.3 Å². The first-order valence-electron chi connectivity index (χ1n) is 9.15. The number of pyridine rings is 1. The van der Waals surface area contributed by atoms with Crippen molar-refractivity contribution >= 4 is 23.2 Å². The van der Waals surface area contributed by atoms with Gasteiger partial charge in [0.15, 0.2) is 0 Å². The van der Waals surface area contributed by atoms with Crippen molar-refractivity contribution in [3.63, 3.8) is 0 Å². The van der Waals surface area contributed by atoms with Crippen LogP contribution in [0.4, 0.5) is 5.69 Å². The normalized spacial score (nSPS) is 10.6. The summed E-state index contributed by atoms with van der Waals surface area (Å²) in [5, 5.41) is 3.52. The summed E-state index contributed by atoms with van der Waals surface area (Å²) < 4.78 is 5.38. The Labute approximate surface area is 166 Å². The molecule has 0 saturated carbocycles. The van der Waals surface area contributed by atoms with Gasteiger partial charge in [-0.3, -0.25) is 9.78 Å². The summed E-state index contributed by atoms with van der Waals surface area (Å²) in [5.74, 6) is 0.547. The highest BCUT2D eigenvalue weighted by molar-refractivity contribution is 6.35. The van der Waals surface area contributed by atoms with Crippen LogP contribution in [0.3, 0.4) is 0 Å². The van der Waals surface area contributed by atoms with E-state index in [2.05, 4.69) is 30.7 Å². The van der Waals surface area contributed by atoms with Gasteiger partial charge in [0, 0.05) is 11.4 Å². The minimum absolute atomic E-state index is 0.245. The second-order valence-corrected chi connectivity index (χ2v) is 6.80. The van der Waals surface area contributed by atoms with Crippen molar-refractivity contribution in [3.8, 4) is 5.75 Å². The number of carbonyl (C=O) groups excluding carboxylic acids is 1. The predicted octanol–water partition coefficient (Wildman–Crippen LogP) is 5.47. The van der Waals surface area contributed by atoms with Crippen molar-refractivity contribution in [2.24, 2.45) is 0 Å². The van der Waals surface area contributed by atoms with Gasteiger partial charge in [-0.2, -0.15) is 0 Å². The Morgan fingerprint density at radius 2 is 1.81 bits per heavy atom. The van der Waals surface area contributed by atoms with Gasteiger partial charge in [-0.1, -0.05) is 31.5 Å². The number of methoxy groups -OCH3 is 1. The van der Waals surface area contributed by atoms with Gasteiger partial charge < -0.3 is 10.1 Å². The molecule has 0 bridgehead atoms. The third-order valence-corrected chi connectivity index (χ3v) is 5.12. The zero-order valence-electron chi connectivity index (χ0n) is 16.7. The molecule has 2 rings (SSSR count). The first-order chi connectivity index (χ1) is 12.9. The molecule has 5 heteroatoms. The maximum absolute atomic E-state index is 13.1. The van der Waals surface area contributed by atoms with Crippen molar-refractivity contribution < 1.29 is 9.53 Å². The Kier molecular flexibility index (Phi) is 7.03. The molecule has 0 aliphatic rings. The average Bonchev–Trinajstić information content (AvgIpc) is 2.64. The van der Waals surface area contributed by atoms with E-state index in [9.17, 15) is 4.79 Å². The van der Waals surface area contributed by atoms with Crippen LogP contribution in [0, 0.1) is 13.8 Å². The van der Waals surface area contributed by atoms with Crippen molar-refractivity contribution in [2.45, 2.75) is 47.0 Å². The number of rotatable bonds is 7. The van der Waals surface area contributed by atoms with E-state index in [0.29, 0.717) is 22.7 Å². The fraction of sp³-hybridized carbons (Fsp3) is 0.364. The molecule has 1 N–H and O–H groups in total. The summed E-state index contributed by atoms with van der Waals surface area (Å²) in [6, 6.07) is 3.92. The lowest BCUT2D eigenvalue weighted by Crippen LogP contribution is -2.18. The van der Waals surface area contributed by atoms with Crippen LogP contribution < -0.4 is 10.1 Å². The Bertz CT molecular complexity index is 850. The van der Waals surface area contributed by atoms with E-state index in [4.69, 9.17) is 16.3 Å². The Hall–Kier alpha value is -2.33. The zero-order chi connectivity index (χ0) is 20.1. The van der Waals surface area contributed by atoms with Gasteiger partial charge in [0.05, 0.1) is 23.4 Å². The molecule has 1 aromatic heterocycles. The average molecular weight is 387 g/mol. The van der Waals surface area contributed by atoms with E-state index in [1.54, 1.807) is 20.1 Å². The third-order valence-electron chi connectivity index (χ3n) is 4.71. The third kappa shape index (κ3) is 4.33. The van der Waals surface area contributed by atoms with Crippen LogP contribution in [0.2, 0.25) is 5.02 Å². The number of benzene rings is 1. The summed E-state index contributed by atoms with van der Waals surface area (Å²) in [5.41, 5.74) is 5.57. The lowest BCUT2D eigenvalue weighted by Gasteiger charge is -2.18. The van der Waals surface area contributed by atoms with Gasteiger partial charge in [-0.25, -0.2) is 0 Å². The second kappa shape index (κ2) is 9.05. The molecule has 0 unspecified atom stereocenters. The second-order valence-electron chi connectivity index (χ2n) is 6.42. The molecule has 0 saturated heterocycles. The number of aryl methyl sites for hydroxylation is 4. The quantitative estimate of drug-likeness (QED) is 0.642. The van der Waals surface area contributed by atoms with E-state index >= 15 is 0 Å². The van der Waals surface area contributed by atoms with Gasteiger partial charge in [-0.15, -0.1) is 6.58 Å². The molecule has 27 heavy (non-hydrogen) atoms. The monoisotopic (exact) mass is 386 g/mol. The van der Waals surface area contributed by atoms with Crippen molar-refractivity contribution in [2.75, 3.05) is 12.4 Å². The highest BCUT2D eigenvalue weighted by Gasteiger charge is 2.21. The van der Waals surface area contributed by atoms with Gasteiger partial charge in [0.25, 0.3) is 5.91 Å². The number of aromatic nitrogens is 1. The SMILES string of the molecule is C=CCc1c(C)nc(C)c(C(=O)Nc2c(CC)cc(OC)cc2CC)c1Cl. The van der Waals surface area contributed by atoms with Gasteiger partial charge in [0.1, 0.15) is 5.75 Å². The van der Waals surface area contributed by atoms with Crippen molar-refractivity contribution in [1.29, 1.82) is 0 Å². The number of amides is 1. The standard InChI is InChI=1S/C22H27ClN2O2/c1-7-10-18-13(4)24-14(5)19(20(18)23)22(26)25-21-15(8-2)11-17(27-6)12-16(21)9-3/h7,11-12H,1,8-10H2,2-6H3,(H,25,26). The van der Waals surface area contributed by atoms with Crippen LogP contribution in [0.5, 0.6) is 5.75 Å². The number of ether oxygens (including phenoxy) is 1. The lowest BCUT2D eigenvalue weighted by atomic mass is 10.0. The zero-order valence-corrected chi connectivity index (χ0v) is 17.5. The van der Waals surface area contributed by atoms with Crippen LogP contribution in [0.15, 0.2) is 24.8 Å². The molecule has 1 amide bonds. The topological polar surface area (TPSA) is 51.2 Å². The van der Waals surface area contributed by atoms with E-state index in [1.165, 1.54) is 0 Å². The Morgan fingerprint density at radius 3 is 2.30 bits per heavy atom. The molecule has 0 aliphatic heterocycles. The van der Waals surface area contributed by atoms with Crippen LogP contribution >= 0.6 is 11.6 Å². The molecule has 144 valence electrons. The number of hydrogen-bond donors (Lipinski definition) is 1. The molecular formula is C22H27ClN2O2. The molecule has 0 spiro atoms. The Morgan fingerprint density at radius 1 is 1.22 bits per heavy atom. The molecule has 0 radical (unpaired) electrons. The number of anilines is 1. The van der Waals surface area contributed by atoms with E-state index in [1.807, 2.05) is 19.1 Å². The number of nitrogens with zero attached hydrogens (tertiary/aromatic N) is 1. The van der Waals surface area contributed by atoms with Crippen LogP contribution in [0.25, 0.3) is 0 Å². The summed E-state index contributed by atoms with van der Waals surface area (Å²) in [6.07, 6.45) is 3.89. The van der Waals surface area contributed by atoms with Gasteiger partial charge in [-0.05, 0) is 61.9 Å². The number of nitrogens with one attached hydrogen (secondary N) is 1. The molecule has 1 aromatic carbocycles. The maximum Gasteiger partial charge on any atom is 0.259 e. The van der Waals surface area contributed by atoms with E-state index in [0.717, 1.165) is 46.7 Å². The summed E-state index contributed by atoms with van der Waals surface area (Å²) in [6.45, 7) is 11.6. The summed E-state index contributed by atoms with van der Waals surface area (Å²) >= 11 is 6.59. The van der Waals surface area contributed by atoms with E-state index < -0.39 is 0 Å². The van der Waals surface area contributed by atoms with Crippen molar-refractivity contribution in [3.05, 3.63) is 63.5 Å². The van der Waals surface area contributed by atoms with Gasteiger partial charge in [0.2, 0.25) is 0 Å². The number of allylic oxidation sites excluding steroid dienone is 1. The minimum Gasteiger partial charge on any atom is -0.497 e. The molecule has 4 nitrogen and oxygen atoms in total. The molecular weight excluding hydrogens is 360 g/mol. The summed E-state index contributed by atoms with van der Waals surface area (Å²) in [7, 11) is 1.65. The number of hydrogen-bond acceptors (Lipinski definition) is 3. The van der Waals surface area contributed by atoms with Crippen LogP contribution in [-0.4, -0.2) is 18.0 Å². The highest BCUT2D eigenvalue weighted by atomic mass is 35.5. The highest BCUT2D eigenvalue weighted by Crippen LogP contribution is 2.31. The molecule has 1 heterocycles. The molecule has 0 aliphatic carbocycles. The lowest BCUT2D eigenvalue weighted by molar-refractivity contribution is 0.102. The fourth-order valence-corrected chi connectivity index (χ4v) is 3.67. The molecule has 0 fully saturated rings. The van der Waals surface area contributed by atoms with E-state index in [-0.39, 0.29) is 5.91 Å². The summed E-state index contributed by atoms with van der Waals surface area (Å²) in [4.78, 5) is 17.6. The smallest absolute Gasteiger partial charge is 0.259 e. The number of carbonyl (C=O) groups is 1.